The van der Waals surface area contributed by atoms with E-state index < -0.39 is 11.8 Å². The molecule has 0 aliphatic heterocycles. The summed E-state index contributed by atoms with van der Waals surface area (Å²) in [6.07, 6.45) is 2.30. The molecule has 1 rings (SSSR count). The first-order valence-corrected chi connectivity index (χ1v) is 5.01. The summed E-state index contributed by atoms with van der Waals surface area (Å²) in [7, 11) is 0. The number of halogens is 3. The lowest BCUT2D eigenvalue weighted by Gasteiger charge is -1.97. The van der Waals surface area contributed by atoms with Gasteiger partial charge < -0.3 is 5.11 Å². The van der Waals surface area contributed by atoms with Crippen molar-refractivity contribution in [1.82, 2.24) is 4.98 Å². The van der Waals surface area contributed by atoms with Gasteiger partial charge in [-0.25, -0.2) is 4.79 Å². The third-order valence-electron chi connectivity index (χ3n) is 1.30. The van der Waals surface area contributed by atoms with Crippen LogP contribution in [0.15, 0.2) is 27.0 Å². The predicted molar refractivity (Wildman–Crippen MR) is 56.4 cm³/mol. The van der Waals surface area contributed by atoms with Gasteiger partial charge in [0.2, 0.25) is 5.83 Å². The number of hydrogen-bond acceptors (Lipinski definition) is 2. The van der Waals surface area contributed by atoms with Crippen molar-refractivity contribution in [3.8, 4) is 0 Å². The average Bonchev–Trinajstić information content (AvgIpc) is 2.09. The molecule has 14 heavy (non-hydrogen) atoms. The molecular weight excluding hydrogens is 321 g/mol. The maximum Gasteiger partial charge on any atom is 0.364 e. The highest BCUT2D eigenvalue weighted by Gasteiger charge is 2.07. The van der Waals surface area contributed by atoms with Gasteiger partial charge in [-0.15, -0.1) is 0 Å². The number of nitrogens with zero attached hydrogens (tertiary/aromatic N) is 1. The SMILES string of the molecule is O=C(O)C(F)=Cc1ncc(Br)cc1Br. The number of carboxylic acids is 1. The standard InChI is InChI=1S/C8H4Br2FNO2/c9-4-1-5(10)7(12-3-4)2-6(11)8(13)14/h1-3H,(H,13,14). The second kappa shape index (κ2) is 4.65. The second-order valence-corrected chi connectivity index (χ2v) is 4.09. The molecule has 1 heterocycles. The van der Waals surface area contributed by atoms with Crippen LogP contribution in [0.25, 0.3) is 6.08 Å². The summed E-state index contributed by atoms with van der Waals surface area (Å²) >= 11 is 6.30. The van der Waals surface area contributed by atoms with E-state index in [2.05, 4.69) is 36.8 Å². The summed E-state index contributed by atoms with van der Waals surface area (Å²) < 4.78 is 13.9. The van der Waals surface area contributed by atoms with Gasteiger partial charge >= 0.3 is 5.97 Å². The minimum atomic E-state index is -1.61. The Morgan fingerprint density at radius 2 is 2.21 bits per heavy atom. The number of rotatable bonds is 2. The molecule has 0 aromatic carbocycles. The summed E-state index contributed by atoms with van der Waals surface area (Å²) in [5, 5.41) is 8.29. The van der Waals surface area contributed by atoms with Crippen molar-refractivity contribution in [2.75, 3.05) is 0 Å². The van der Waals surface area contributed by atoms with E-state index in [-0.39, 0.29) is 5.69 Å². The van der Waals surface area contributed by atoms with E-state index in [1.54, 1.807) is 6.07 Å². The first kappa shape index (κ1) is 11.3. The number of aliphatic carboxylic acids is 1. The highest BCUT2D eigenvalue weighted by Crippen LogP contribution is 2.21. The molecular formula is C8H4Br2FNO2. The summed E-state index contributed by atoms with van der Waals surface area (Å²) in [5.74, 6) is -2.86. The van der Waals surface area contributed by atoms with E-state index in [9.17, 15) is 9.18 Å². The van der Waals surface area contributed by atoms with Gasteiger partial charge in [0.25, 0.3) is 0 Å². The zero-order chi connectivity index (χ0) is 10.7. The zero-order valence-corrected chi connectivity index (χ0v) is 9.84. The van der Waals surface area contributed by atoms with Crippen LogP contribution in [0.2, 0.25) is 0 Å². The highest BCUT2D eigenvalue weighted by atomic mass is 79.9. The zero-order valence-electron chi connectivity index (χ0n) is 6.67. The molecule has 1 aromatic rings. The van der Waals surface area contributed by atoms with E-state index in [0.29, 0.717) is 4.47 Å². The normalized spacial score (nSPS) is 11.5. The van der Waals surface area contributed by atoms with Gasteiger partial charge in [0.1, 0.15) is 0 Å². The molecule has 0 amide bonds. The Morgan fingerprint density at radius 1 is 1.57 bits per heavy atom. The predicted octanol–water partition coefficient (Wildman–Crippen LogP) is 3.00. The van der Waals surface area contributed by atoms with E-state index in [0.717, 1.165) is 10.5 Å². The van der Waals surface area contributed by atoms with Crippen LogP contribution in [-0.4, -0.2) is 16.1 Å². The van der Waals surface area contributed by atoms with Gasteiger partial charge in [0, 0.05) is 21.2 Å². The largest absolute Gasteiger partial charge is 0.476 e. The van der Waals surface area contributed by atoms with E-state index >= 15 is 0 Å². The average molecular weight is 325 g/mol. The summed E-state index contributed by atoms with van der Waals surface area (Å²) in [6.45, 7) is 0. The Hall–Kier alpha value is -0.750. The number of hydrogen-bond donors (Lipinski definition) is 1. The lowest BCUT2D eigenvalue weighted by Crippen LogP contribution is -1.95. The van der Waals surface area contributed by atoms with Crippen LogP contribution in [0.1, 0.15) is 5.69 Å². The molecule has 0 saturated carbocycles. The van der Waals surface area contributed by atoms with Gasteiger partial charge in [-0.2, -0.15) is 4.39 Å². The van der Waals surface area contributed by atoms with Crippen LogP contribution in [-0.2, 0) is 4.79 Å². The molecule has 1 aromatic heterocycles. The van der Waals surface area contributed by atoms with Gasteiger partial charge in [0.15, 0.2) is 0 Å². The Balaban J connectivity index is 3.09. The summed E-state index contributed by atoms with van der Waals surface area (Å²) in [6, 6.07) is 1.65. The van der Waals surface area contributed by atoms with Crippen molar-refractivity contribution < 1.29 is 14.3 Å². The molecule has 1 N–H and O–H groups in total. The molecule has 0 atom stereocenters. The molecule has 0 aliphatic rings. The van der Waals surface area contributed by atoms with E-state index in [1.807, 2.05) is 0 Å². The smallest absolute Gasteiger partial charge is 0.364 e. The Bertz CT molecular complexity index is 406. The molecule has 0 radical (unpaired) electrons. The topological polar surface area (TPSA) is 50.2 Å². The first-order valence-electron chi connectivity index (χ1n) is 3.42. The lowest BCUT2D eigenvalue weighted by molar-refractivity contribution is -0.134. The summed E-state index contributed by atoms with van der Waals surface area (Å²) in [5.41, 5.74) is 0.230. The minimum absolute atomic E-state index is 0.230. The Morgan fingerprint density at radius 3 is 2.71 bits per heavy atom. The van der Waals surface area contributed by atoms with Crippen molar-refractivity contribution in [2.45, 2.75) is 0 Å². The third kappa shape index (κ3) is 2.88. The van der Waals surface area contributed by atoms with Crippen molar-refractivity contribution in [2.24, 2.45) is 0 Å². The quantitative estimate of drug-likeness (QED) is 0.851. The fourth-order valence-corrected chi connectivity index (χ4v) is 1.82. The number of carboxylic acid groups (broad SMARTS) is 1. The van der Waals surface area contributed by atoms with Crippen LogP contribution >= 0.6 is 31.9 Å². The molecule has 3 nitrogen and oxygen atoms in total. The molecule has 0 bridgehead atoms. The van der Waals surface area contributed by atoms with Gasteiger partial charge in [-0.3, -0.25) is 4.98 Å². The molecule has 6 heteroatoms. The van der Waals surface area contributed by atoms with Crippen LogP contribution in [0.3, 0.4) is 0 Å². The fourth-order valence-electron chi connectivity index (χ4n) is 0.713. The van der Waals surface area contributed by atoms with E-state index in [4.69, 9.17) is 5.11 Å². The highest BCUT2D eigenvalue weighted by molar-refractivity contribution is 9.11. The third-order valence-corrected chi connectivity index (χ3v) is 2.37. The van der Waals surface area contributed by atoms with Crippen molar-refractivity contribution >= 4 is 43.9 Å². The second-order valence-electron chi connectivity index (χ2n) is 2.32. The maximum atomic E-state index is 12.7. The molecule has 0 saturated heterocycles. The lowest BCUT2D eigenvalue weighted by atomic mass is 10.3. The van der Waals surface area contributed by atoms with Crippen LogP contribution in [0.4, 0.5) is 4.39 Å². The molecule has 0 fully saturated rings. The number of aromatic nitrogens is 1. The van der Waals surface area contributed by atoms with E-state index in [1.165, 1.54) is 6.20 Å². The Kier molecular flexibility index (Phi) is 3.77. The number of carbonyl (C=O) groups is 1. The molecule has 74 valence electrons. The van der Waals surface area contributed by atoms with Gasteiger partial charge in [0.05, 0.1) is 5.69 Å². The minimum Gasteiger partial charge on any atom is -0.476 e. The maximum absolute atomic E-state index is 12.7. The molecule has 0 aliphatic carbocycles. The Labute approximate surface area is 95.9 Å². The van der Waals surface area contributed by atoms with Crippen LogP contribution in [0.5, 0.6) is 0 Å². The van der Waals surface area contributed by atoms with Gasteiger partial charge in [-0.1, -0.05) is 0 Å². The summed E-state index contributed by atoms with van der Waals surface area (Å²) in [4.78, 5) is 14.0. The number of pyridine rings is 1. The first-order chi connectivity index (χ1) is 6.50. The van der Waals surface area contributed by atoms with Gasteiger partial charge in [-0.05, 0) is 37.9 Å². The van der Waals surface area contributed by atoms with Crippen molar-refractivity contribution in [1.29, 1.82) is 0 Å². The van der Waals surface area contributed by atoms with Crippen LogP contribution < -0.4 is 0 Å². The van der Waals surface area contributed by atoms with Crippen molar-refractivity contribution in [3.63, 3.8) is 0 Å². The molecule has 0 spiro atoms. The van der Waals surface area contributed by atoms with Crippen LogP contribution in [0, 0.1) is 0 Å². The fraction of sp³-hybridized carbons (Fsp3) is 0. The monoisotopic (exact) mass is 323 g/mol. The molecule has 0 unspecified atom stereocenters. The van der Waals surface area contributed by atoms with Crippen molar-refractivity contribution in [3.05, 3.63) is 32.7 Å².